The first-order valence-electron chi connectivity index (χ1n) is 6.73. The molecule has 1 rings (SSSR count). The Morgan fingerprint density at radius 2 is 1.65 bits per heavy atom. The van der Waals surface area contributed by atoms with Gasteiger partial charge in [-0.25, -0.2) is 9.59 Å². The van der Waals surface area contributed by atoms with E-state index >= 15 is 0 Å². The molecule has 8 nitrogen and oxygen atoms in total. The first kappa shape index (κ1) is 18.3. The fraction of sp³-hybridized carbons (Fsp3) is 0.333. The lowest BCUT2D eigenvalue weighted by atomic mass is 10.2. The molecule has 0 aromatic heterocycles. The van der Waals surface area contributed by atoms with Crippen molar-refractivity contribution in [2.24, 2.45) is 0 Å². The zero-order chi connectivity index (χ0) is 17.2. The molecular formula is C15H17NO7. The molecule has 0 heterocycles. The second-order valence-corrected chi connectivity index (χ2v) is 4.47. The van der Waals surface area contributed by atoms with Gasteiger partial charge in [-0.05, 0) is 19.1 Å². The van der Waals surface area contributed by atoms with E-state index in [2.05, 4.69) is 6.58 Å². The normalized spacial score (nSPS) is 9.96. The summed E-state index contributed by atoms with van der Waals surface area (Å²) in [5.41, 5.74) is 0.419. The van der Waals surface area contributed by atoms with Crippen LogP contribution in [-0.2, 0) is 19.0 Å². The maximum atomic E-state index is 11.7. The van der Waals surface area contributed by atoms with Crippen molar-refractivity contribution >= 4 is 17.6 Å². The Morgan fingerprint density at radius 3 is 2.17 bits per heavy atom. The first-order chi connectivity index (χ1) is 10.9. The molecule has 0 N–H and O–H groups in total. The highest BCUT2D eigenvalue weighted by molar-refractivity contribution is 5.89. The van der Waals surface area contributed by atoms with E-state index in [1.54, 1.807) is 6.92 Å². The van der Waals surface area contributed by atoms with Gasteiger partial charge in [0.25, 0.3) is 5.69 Å². The van der Waals surface area contributed by atoms with Crippen LogP contribution in [0.1, 0.15) is 17.3 Å². The van der Waals surface area contributed by atoms with E-state index in [1.807, 2.05) is 0 Å². The largest absolute Gasteiger partial charge is 0.460 e. The fourth-order valence-corrected chi connectivity index (χ4v) is 1.41. The van der Waals surface area contributed by atoms with Gasteiger partial charge in [0, 0.05) is 17.7 Å². The number of carbonyl (C=O) groups excluding carboxylic acids is 2. The highest BCUT2D eigenvalue weighted by atomic mass is 16.6. The van der Waals surface area contributed by atoms with Crippen molar-refractivity contribution in [3.8, 4) is 0 Å². The molecule has 8 heteroatoms. The van der Waals surface area contributed by atoms with Gasteiger partial charge in [0.05, 0.1) is 23.7 Å². The van der Waals surface area contributed by atoms with Crippen LogP contribution < -0.4 is 0 Å². The summed E-state index contributed by atoms with van der Waals surface area (Å²) in [7, 11) is 0. The third-order valence-electron chi connectivity index (χ3n) is 2.58. The van der Waals surface area contributed by atoms with Gasteiger partial charge >= 0.3 is 11.9 Å². The predicted molar refractivity (Wildman–Crippen MR) is 80.0 cm³/mol. The van der Waals surface area contributed by atoms with E-state index in [9.17, 15) is 19.7 Å². The van der Waals surface area contributed by atoms with Gasteiger partial charge in [-0.1, -0.05) is 6.58 Å². The molecule has 1 aromatic rings. The van der Waals surface area contributed by atoms with E-state index in [-0.39, 0.29) is 37.7 Å². The van der Waals surface area contributed by atoms with E-state index in [1.165, 1.54) is 24.3 Å². The quantitative estimate of drug-likeness (QED) is 0.225. The Morgan fingerprint density at radius 1 is 1.09 bits per heavy atom. The second-order valence-electron chi connectivity index (χ2n) is 4.47. The SMILES string of the molecule is C=C(C)C(=O)OCCOCCOC(=O)c1ccc([N+](=O)[O-])cc1. The molecular weight excluding hydrogens is 306 g/mol. The molecule has 23 heavy (non-hydrogen) atoms. The molecule has 0 aliphatic rings. The van der Waals surface area contributed by atoms with Crippen LogP contribution in [0.25, 0.3) is 0 Å². The number of nitrogens with zero attached hydrogens (tertiary/aromatic N) is 1. The Balaban J connectivity index is 2.18. The molecule has 0 fully saturated rings. The van der Waals surface area contributed by atoms with E-state index in [4.69, 9.17) is 14.2 Å². The summed E-state index contributed by atoms with van der Waals surface area (Å²) in [5.74, 6) is -1.09. The number of rotatable bonds is 9. The maximum Gasteiger partial charge on any atom is 0.338 e. The average molecular weight is 323 g/mol. The van der Waals surface area contributed by atoms with Crippen LogP contribution in [0.5, 0.6) is 0 Å². The summed E-state index contributed by atoms with van der Waals surface area (Å²) in [6, 6.07) is 5.09. The van der Waals surface area contributed by atoms with E-state index < -0.39 is 16.9 Å². The molecule has 0 amide bonds. The molecule has 124 valence electrons. The van der Waals surface area contributed by atoms with Crippen molar-refractivity contribution in [2.45, 2.75) is 6.92 Å². The van der Waals surface area contributed by atoms with Crippen molar-refractivity contribution in [1.29, 1.82) is 0 Å². The third kappa shape index (κ3) is 6.70. The summed E-state index contributed by atoms with van der Waals surface area (Å²) in [6.45, 7) is 5.40. The highest BCUT2D eigenvalue weighted by Crippen LogP contribution is 2.12. The molecule has 0 bridgehead atoms. The van der Waals surface area contributed by atoms with Crippen molar-refractivity contribution < 1.29 is 28.7 Å². The van der Waals surface area contributed by atoms with Crippen LogP contribution in [0.3, 0.4) is 0 Å². The Bertz CT molecular complexity index is 580. The molecule has 0 spiro atoms. The lowest BCUT2D eigenvalue weighted by Gasteiger charge is -2.07. The molecule has 0 aliphatic carbocycles. The Kier molecular flexibility index (Phi) is 7.41. The van der Waals surface area contributed by atoms with Gasteiger partial charge in [0.15, 0.2) is 0 Å². The van der Waals surface area contributed by atoms with E-state index in [0.717, 1.165) is 0 Å². The molecule has 0 unspecified atom stereocenters. The van der Waals surface area contributed by atoms with Crippen LogP contribution in [0, 0.1) is 10.1 Å². The van der Waals surface area contributed by atoms with Crippen LogP contribution >= 0.6 is 0 Å². The zero-order valence-electron chi connectivity index (χ0n) is 12.6. The third-order valence-corrected chi connectivity index (χ3v) is 2.58. The lowest BCUT2D eigenvalue weighted by Crippen LogP contribution is -2.14. The Hall–Kier alpha value is -2.74. The van der Waals surface area contributed by atoms with Crippen LogP contribution in [-0.4, -0.2) is 43.3 Å². The standard InChI is InChI=1S/C15H17NO7/c1-11(2)14(17)22-9-7-21-8-10-23-15(18)12-3-5-13(6-4-12)16(19)20/h3-6H,1,7-10H2,2H3. The molecule has 0 radical (unpaired) electrons. The molecule has 0 saturated heterocycles. The van der Waals surface area contributed by atoms with Gasteiger partial charge in [-0.2, -0.15) is 0 Å². The van der Waals surface area contributed by atoms with Crippen molar-refractivity contribution in [3.63, 3.8) is 0 Å². The van der Waals surface area contributed by atoms with Crippen LogP contribution in [0.15, 0.2) is 36.4 Å². The number of carbonyl (C=O) groups is 2. The number of non-ortho nitro benzene ring substituents is 1. The highest BCUT2D eigenvalue weighted by Gasteiger charge is 2.10. The summed E-state index contributed by atoms with van der Waals surface area (Å²) < 4.78 is 14.9. The molecule has 0 aliphatic heterocycles. The Labute approximate surface area is 132 Å². The van der Waals surface area contributed by atoms with Crippen molar-refractivity contribution in [1.82, 2.24) is 0 Å². The van der Waals surface area contributed by atoms with Crippen molar-refractivity contribution in [3.05, 3.63) is 52.1 Å². The molecule has 0 atom stereocenters. The smallest absolute Gasteiger partial charge is 0.338 e. The van der Waals surface area contributed by atoms with Crippen molar-refractivity contribution in [2.75, 3.05) is 26.4 Å². The first-order valence-corrected chi connectivity index (χ1v) is 6.73. The number of benzene rings is 1. The molecule has 1 aromatic carbocycles. The zero-order valence-corrected chi connectivity index (χ0v) is 12.6. The van der Waals surface area contributed by atoms with Gasteiger partial charge in [0.2, 0.25) is 0 Å². The molecule has 0 saturated carbocycles. The number of hydrogen-bond donors (Lipinski definition) is 0. The minimum Gasteiger partial charge on any atom is -0.460 e. The summed E-state index contributed by atoms with van der Waals surface area (Å²) in [6.07, 6.45) is 0. The average Bonchev–Trinajstić information content (AvgIpc) is 2.53. The number of ether oxygens (including phenoxy) is 3. The van der Waals surface area contributed by atoms with Gasteiger partial charge in [-0.15, -0.1) is 0 Å². The number of esters is 2. The fourth-order valence-electron chi connectivity index (χ4n) is 1.41. The number of nitro benzene ring substituents is 1. The van der Waals surface area contributed by atoms with Gasteiger partial charge in [-0.3, -0.25) is 10.1 Å². The lowest BCUT2D eigenvalue weighted by molar-refractivity contribution is -0.384. The summed E-state index contributed by atoms with van der Waals surface area (Å²) in [4.78, 5) is 32.7. The van der Waals surface area contributed by atoms with Gasteiger partial charge < -0.3 is 14.2 Å². The number of hydrogen-bond acceptors (Lipinski definition) is 7. The summed E-state index contributed by atoms with van der Waals surface area (Å²) >= 11 is 0. The maximum absolute atomic E-state index is 11.7. The number of nitro groups is 1. The summed E-state index contributed by atoms with van der Waals surface area (Å²) in [5, 5.41) is 10.5. The predicted octanol–water partition coefficient (Wildman–Crippen LogP) is 1.89. The minimum atomic E-state index is -0.600. The van der Waals surface area contributed by atoms with Gasteiger partial charge in [0.1, 0.15) is 13.2 Å². The second kappa shape index (κ2) is 9.31. The van der Waals surface area contributed by atoms with E-state index in [0.29, 0.717) is 5.57 Å². The minimum absolute atomic E-state index is 0.0181. The van der Waals surface area contributed by atoms with Crippen LogP contribution in [0.4, 0.5) is 5.69 Å². The topological polar surface area (TPSA) is 105 Å². The monoisotopic (exact) mass is 323 g/mol. The van der Waals surface area contributed by atoms with Crippen LogP contribution in [0.2, 0.25) is 0 Å².